The predicted octanol–water partition coefficient (Wildman–Crippen LogP) is 0.139. The molecular formula is C8H15NO2. The van der Waals surface area contributed by atoms with Crippen molar-refractivity contribution < 1.29 is 9.90 Å². The molecule has 0 saturated carbocycles. The summed E-state index contributed by atoms with van der Waals surface area (Å²) in [7, 11) is 0. The van der Waals surface area contributed by atoms with Crippen LogP contribution in [0.15, 0.2) is 0 Å². The third-order valence-electron chi connectivity index (χ3n) is 2.34. The molecule has 1 aliphatic heterocycles. The van der Waals surface area contributed by atoms with Gasteiger partial charge >= 0.3 is 0 Å². The topological polar surface area (TPSA) is 49.3 Å². The van der Waals surface area contributed by atoms with Crippen molar-refractivity contribution in [1.82, 2.24) is 5.32 Å². The summed E-state index contributed by atoms with van der Waals surface area (Å²) in [5, 5.41) is 11.6. The highest BCUT2D eigenvalue weighted by molar-refractivity contribution is 5.79. The van der Waals surface area contributed by atoms with Crippen LogP contribution >= 0.6 is 0 Å². The molecular weight excluding hydrogens is 142 g/mol. The summed E-state index contributed by atoms with van der Waals surface area (Å²) in [6.45, 7) is 4.22. The van der Waals surface area contributed by atoms with E-state index >= 15 is 0 Å². The van der Waals surface area contributed by atoms with Crippen LogP contribution in [0.5, 0.6) is 0 Å². The lowest BCUT2D eigenvalue weighted by Crippen LogP contribution is -2.34. The molecule has 2 N–H and O–H groups in total. The van der Waals surface area contributed by atoms with E-state index in [2.05, 4.69) is 19.2 Å². The molecule has 0 bridgehead atoms. The molecule has 0 spiro atoms. The van der Waals surface area contributed by atoms with Crippen LogP contribution < -0.4 is 5.32 Å². The summed E-state index contributed by atoms with van der Waals surface area (Å²) in [5.74, 6) is 0.848. The van der Waals surface area contributed by atoms with Crippen LogP contribution in [-0.4, -0.2) is 23.7 Å². The van der Waals surface area contributed by atoms with Gasteiger partial charge in [-0.1, -0.05) is 13.8 Å². The summed E-state index contributed by atoms with van der Waals surface area (Å²) >= 11 is 0. The lowest BCUT2D eigenvalue weighted by molar-refractivity contribution is -0.119. The van der Waals surface area contributed by atoms with E-state index in [4.69, 9.17) is 5.11 Å². The molecule has 2 atom stereocenters. The van der Waals surface area contributed by atoms with Crippen LogP contribution in [0.3, 0.4) is 0 Å². The van der Waals surface area contributed by atoms with Gasteiger partial charge in [0.25, 0.3) is 0 Å². The first-order valence-corrected chi connectivity index (χ1v) is 4.05. The first-order valence-electron chi connectivity index (χ1n) is 4.05. The summed E-state index contributed by atoms with van der Waals surface area (Å²) in [4.78, 5) is 10.9. The Morgan fingerprint density at radius 2 is 2.36 bits per heavy atom. The van der Waals surface area contributed by atoms with Gasteiger partial charge in [-0.15, -0.1) is 0 Å². The minimum atomic E-state index is -0.0116. The summed E-state index contributed by atoms with van der Waals surface area (Å²) in [6.07, 6.45) is 0.572. The quantitative estimate of drug-likeness (QED) is 0.599. The van der Waals surface area contributed by atoms with Gasteiger partial charge in [0.2, 0.25) is 5.91 Å². The monoisotopic (exact) mass is 157 g/mol. The zero-order valence-corrected chi connectivity index (χ0v) is 7.00. The van der Waals surface area contributed by atoms with E-state index < -0.39 is 0 Å². The smallest absolute Gasteiger partial charge is 0.220 e. The van der Waals surface area contributed by atoms with Crippen LogP contribution in [0.4, 0.5) is 0 Å². The van der Waals surface area contributed by atoms with Crippen molar-refractivity contribution in [1.29, 1.82) is 0 Å². The highest BCUT2D eigenvalue weighted by atomic mass is 16.3. The first kappa shape index (κ1) is 8.53. The molecule has 1 aliphatic rings. The summed E-state index contributed by atoms with van der Waals surface area (Å²) in [5.41, 5.74) is 0. The molecule has 0 radical (unpaired) electrons. The molecule has 1 rings (SSSR count). The fraction of sp³-hybridized carbons (Fsp3) is 0.875. The Morgan fingerprint density at radius 3 is 2.73 bits per heavy atom. The number of amides is 1. The molecule has 0 aromatic rings. The molecule has 0 unspecified atom stereocenters. The van der Waals surface area contributed by atoms with Gasteiger partial charge in [0.15, 0.2) is 0 Å². The van der Waals surface area contributed by atoms with E-state index in [1.54, 1.807) is 0 Å². The number of nitrogens with one attached hydrogen (secondary N) is 1. The van der Waals surface area contributed by atoms with Crippen molar-refractivity contribution in [3.05, 3.63) is 0 Å². The van der Waals surface area contributed by atoms with Crippen LogP contribution in [-0.2, 0) is 4.79 Å². The van der Waals surface area contributed by atoms with Crippen LogP contribution in [0.25, 0.3) is 0 Å². The maximum absolute atomic E-state index is 10.9. The average molecular weight is 157 g/mol. The molecule has 1 amide bonds. The Morgan fingerprint density at radius 1 is 1.73 bits per heavy atom. The SMILES string of the molecule is CC(C)[C@@H]1CC(=O)N[C@H]1CO. The fourth-order valence-corrected chi connectivity index (χ4v) is 1.61. The predicted molar refractivity (Wildman–Crippen MR) is 42.0 cm³/mol. The van der Waals surface area contributed by atoms with E-state index in [1.807, 2.05) is 0 Å². The number of aliphatic hydroxyl groups is 1. The summed E-state index contributed by atoms with van der Waals surface area (Å²) < 4.78 is 0. The third kappa shape index (κ3) is 1.71. The van der Waals surface area contributed by atoms with Crippen molar-refractivity contribution >= 4 is 5.91 Å². The minimum Gasteiger partial charge on any atom is -0.394 e. The minimum absolute atomic E-state index is 0.0116. The Bertz CT molecular complexity index is 156. The van der Waals surface area contributed by atoms with Crippen molar-refractivity contribution in [2.45, 2.75) is 26.3 Å². The summed E-state index contributed by atoms with van der Waals surface area (Å²) in [6, 6.07) is -0.0116. The third-order valence-corrected chi connectivity index (χ3v) is 2.34. The Hall–Kier alpha value is -0.570. The first-order chi connectivity index (χ1) is 5.15. The molecule has 0 aliphatic carbocycles. The lowest BCUT2D eigenvalue weighted by Gasteiger charge is -2.19. The van der Waals surface area contributed by atoms with Crippen molar-refractivity contribution in [3.63, 3.8) is 0 Å². The molecule has 0 aromatic carbocycles. The number of rotatable bonds is 2. The highest BCUT2D eigenvalue weighted by Crippen LogP contribution is 2.24. The van der Waals surface area contributed by atoms with Gasteiger partial charge in [-0.3, -0.25) is 4.79 Å². The number of hydrogen-bond donors (Lipinski definition) is 2. The molecule has 3 heteroatoms. The molecule has 11 heavy (non-hydrogen) atoms. The van der Waals surface area contributed by atoms with E-state index in [9.17, 15) is 4.79 Å². The molecule has 1 fully saturated rings. The van der Waals surface area contributed by atoms with Gasteiger partial charge in [0.05, 0.1) is 12.6 Å². The second-order valence-electron chi connectivity index (χ2n) is 3.47. The molecule has 1 saturated heterocycles. The second kappa shape index (κ2) is 3.22. The Labute approximate surface area is 66.8 Å². The van der Waals surface area contributed by atoms with Gasteiger partial charge in [-0.2, -0.15) is 0 Å². The lowest BCUT2D eigenvalue weighted by atomic mass is 9.89. The van der Waals surface area contributed by atoms with Crippen molar-refractivity contribution in [3.8, 4) is 0 Å². The zero-order chi connectivity index (χ0) is 8.43. The second-order valence-corrected chi connectivity index (χ2v) is 3.47. The van der Waals surface area contributed by atoms with E-state index in [-0.39, 0.29) is 18.6 Å². The average Bonchev–Trinajstić information content (AvgIpc) is 2.30. The van der Waals surface area contributed by atoms with Crippen LogP contribution in [0.1, 0.15) is 20.3 Å². The van der Waals surface area contributed by atoms with Gasteiger partial charge in [0.1, 0.15) is 0 Å². The standard InChI is InChI=1S/C8H15NO2/c1-5(2)6-3-8(11)9-7(6)4-10/h5-7,10H,3-4H2,1-2H3,(H,9,11)/t6-,7-/m0/s1. The van der Waals surface area contributed by atoms with Gasteiger partial charge in [-0.25, -0.2) is 0 Å². The molecule has 0 aromatic heterocycles. The maximum Gasteiger partial charge on any atom is 0.220 e. The van der Waals surface area contributed by atoms with Gasteiger partial charge in [0, 0.05) is 6.42 Å². The molecule has 3 nitrogen and oxygen atoms in total. The van der Waals surface area contributed by atoms with Crippen molar-refractivity contribution in [2.24, 2.45) is 11.8 Å². The van der Waals surface area contributed by atoms with Crippen LogP contribution in [0, 0.1) is 11.8 Å². The fourth-order valence-electron chi connectivity index (χ4n) is 1.61. The number of aliphatic hydroxyl groups excluding tert-OH is 1. The van der Waals surface area contributed by atoms with Gasteiger partial charge < -0.3 is 10.4 Å². The number of carbonyl (C=O) groups excluding carboxylic acids is 1. The number of hydrogen-bond acceptors (Lipinski definition) is 2. The zero-order valence-electron chi connectivity index (χ0n) is 7.00. The normalized spacial score (nSPS) is 31.1. The van der Waals surface area contributed by atoms with E-state index in [0.29, 0.717) is 18.3 Å². The van der Waals surface area contributed by atoms with Crippen molar-refractivity contribution in [2.75, 3.05) is 6.61 Å². The highest BCUT2D eigenvalue weighted by Gasteiger charge is 2.33. The Kier molecular flexibility index (Phi) is 2.49. The molecule has 1 heterocycles. The molecule has 64 valence electrons. The van der Waals surface area contributed by atoms with Crippen LogP contribution in [0.2, 0.25) is 0 Å². The Balaban J connectivity index is 2.57. The maximum atomic E-state index is 10.9. The van der Waals surface area contributed by atoms with E-state index in [0.717, 1.165) is 0 Å². The number of carbonyl (C=O) groups is 1. The van der Waals surface area contributed by atoms with Gasteiger partial charge in [-0.05, 0) is 11.8 Å². The largest absolute Gasteiger partial charge is 0.394 e. The van der Waals surface area contributed by atoms with E-state index in [1.165, 1.54) is 0 Å².